The summed E-state index contributed by atoms with van der Waals surface area (Å²) in [5.74, 6) is 0.593. The number of aliphatic hydroxyl groups excluding tert-OH is 1. The summed E-state index contributed by atoms with van der Waals surface area (Å²) < 4.78 is 5.18. The average molecular weight is 286 g/mol. The second kappa shape index (κ2) is 7.31. The van der Waals surface area contributed by atoms with Gasteiger partial charge >= 0.3 is 6.03 Å². The molecule has 3 N–H and O–H groups in total. The number of urea groups is 1. The molecular weight excluding hydrogens is 268 g/mol. The number of aliphatic hydroxyl groups is 1. The normalized spacial score (nSPS) is 11.5. The maximum absolute atomic E-state index is 11.7. The fourth-order valence-corrected chi connectivity index (χ4v) is 1.94. The van der Waals surface area contributed by atoms with Crippen molar-refractivity contribution in [2.75, 3.05) is 19.0 Å². The highest BCUT2D eigenvalue weighted by Crippen LogP contribution is 2.23. The minimum absolute atomic E-state index is 0.0963. The van der Waals surface area contributed by atoms with Crippen molar-refractivity contribution in [3.63, 3.8) is 0 Å². The Hall–Kier alpha value is -2.53. The molecule has 0 heterocycles. The van der Waals surface area contributed by atoms with E-state index in [1.165, 1.54) is 0 Å². The predicted molar refractivity (Wildman–Crippen MR) is 81.4 cm³/mol. The van der Waals surface area contributed by atoms with Crippen LogP contribution in [0.25, 0.3) is 0 Å². The van der Waals surface area contributed by atoms with Crippen LogP contribution in [-0.2, 0) is 0 Å². The van der Waals surface area contributed by atoms with E-state index in [1.807, 2.05) is 30.3 Å². The number of methoxy groups -OCH3 is 1. The number of carbonyl (C=O) groups excluding carboxylic acids is 1. The van der Waals surface area contributed by atoms with Gasteiger partial charge in [0.15, 0.2) is 0 Å². The van der Waals surface area contributed by atoms with Crippen LogP contribution in [0.15, 0.2) is 54.6 Å². The van der Waals surface area contributed by atoms with E-state index in [2.05, 4.69) is 10.6 Å². The third-order valence-electron chi connectivity index (χ3n) is 2.99. The van der Waals surface area contributed by atoms with Gasteiger partial charge in [0.25, 0.3) is 0 Å². The second-order valence-corrected chi connectivity index (χ2v) is 4.46. The van der Waals surface area contributed by atoms with Gasteiger partial charge in [-0.3, -0.25) is 0 Å². The van der Waals surface area contributed by atoms with E-state index in [0.717, 1.165) is 0 Å². The molecule has 21 heavy (non-hydrogen) atoms. The summed E-state index contributed by atoms with van der Waals surface area (Å²) in [6, 6.07) is 15.9. The van der Waals surface area contributed by atoms with E-state index in [9.17, 15) is 9.90 Å². The van der Waals surface area contributed by atoms with Gasteiger partial charge < -0.3 is 20.5 Å². The zero-order chi connectivity index (χ0) is 15.1. The third-order valence-corrected chi connectivity index (χ3v) is 2.99. The van der Waals surface area contributed by atoms with Crippen LogP contribution in [0, 0.1) is 0 Å². The number of anilines is 1. The number of para-hydroxylation sites is 2. The number of amides is 2. The Labute approximate surface area is 123 Å². The monoisotopic (exact) mass is 286 g/mol. The molecule has 1 atom stereocenters. The fraction of sp³-hybridized carbons (Fsp3) is 0.188. The number of nitrogens with one attached hydrogen (secondary N) is 2. The molecule has 0 aliphatic carbocycles. The first-order valence-electron chi connectivity index (χ1n) is 6.61. The molecule has 0 aliphatic rings. The molecule has 2 amide bonds. The van der Waals surface area contributed by atoms with Crippen molar-refractivity contribution in [1.29, 1.82) is 0 Å². The molecule has 2 rings (SSSR count). The first kappa shape index (κ1) is 14.9. The van der Waals surface area contributed by atoms with E-state index >= 15 is 0 Å². The molecule has 5 heteroatoms. The minimum Gasteiger partial charge on any atom is -0.496 e. The van der Waals surface area contributed by atoms with Gasteiger partial charge in [0.2, 0.25) is 0 Å². The van der Waals surface area contributed by atoms with Crippen LogP contribution < -0.4 is 15.4 Å². The number of benzene rings is 2. The summed E-state index contributed by atoms with van der Waals surface area (Å²) in [4.78, 5) is 11.7. The molecule has 5 nitrogen and oxygen atoms in total. The highest BCUT2D eigenvalue weighted by atomic mass is 16.5. The Morgan fingerprint density at radius 1 is 1.14 bits per heavy atom. The van der Waals surface area contributed by atoms with Gasteiger partial charge in [-0.25, -0.2) is 4.79 Å². The van der Waals surface area contributed by atoms with Gasteiger partial charge in [-0.15, -0.1) is 0 Å². The Morgan fingerprint density at radius 2 is 1.81 bits per heavy atom. The van der Waals surface area contributed by atoms with Crippen LogP contribution in [0.3, 0.4) is 0 Å². The highest BCUT2D eigenvalue weighted by Gasteiger charge is 2.13. The molecule has 0 unspecified atom stereocenters. The Balaban J connectivity index is 1.89. The summed E-state index contributed by atoms with van der Waals surface area (Å²) >= 11 is 0. The van der Waals surface area contributed by atoms with E-state index in [-0.39, 0.29) is 12.6 Å². The molecule has 0 fully saturated rings. The van der Waals surface area contributed by atoms with Crippen LogP contribution >= 0.6 is 0 Å². The summed E-state index contributed by atoms with van der Waals surface area (Å²) in [5.41, 5.74) is 1.33. The summed E-state index contributed by atoms with van der Waals surface area (Å²) in [7, 11) is 1.54. The van der Waals surface area contributed by atoms with Gasteiger partial charge in [-0.1, -0.05) is 36.4 Å². The number of rotatable bonds is 5. The molecule has 0 radical (unpaired) electrons. The Morgan fingerprint density at radius 3 is 2.52 bits per heavy atom. The molecule has 0 saturated carbocycles. The Kier molecular flexibility index (Phi) is 5.17. The lowest BCUT2D eigenvalue weighted by atomic mass is 10.1. The van der Waals surface area contributed by atoms with Gasteiger partial charge in [0.05, 0.1) is 13.2 Å². The standard InChI is InChI=1S/C16H18N2O3/c1-21-15-10-6-5-9-13(15)14(19)11-17-16(20)18-12-7-3-2-4-8-12/h2-10,14,19H,11H2,1H3,(H2,17,18,20)/t14-/m1/s1. The molecule has 0 spiro atoms. The smallest absolute Gasteiger partial charge is 0.319 e. The van der Waals surface area contributed by atoms with Gasteiger partial charge in [0.1, 0.15) is 5.75 Å². The lowest BCUT2D eigenvalue weighted by Crippen LogP contribution is -2.32. The van der Waals surface area contributed by atoms with Crippen LogP contribution in [0.2, 0.25) is 0 Å². The largest absolute Gasteiger partial charge is 0.496 e. The Bertz CT molecular complexity index is 587. The van der Waals surface area contributed by atoms with E-state index in [0.29, 0.717) is 17.0 Å². The van der Waals surface area contributed by atoms with Crippen LogP contribution in [0.5, 0.6) is 5.75 Å². The van der Waals surface area contributed by atoms with Crippen molar-refractivity contribution >= 4 is 11.7 Å². The topological polar surface area (TPSA) is 70.6 Å². The molecule has 2 aromatic carbocycles. The number of hydrogen-bond acceptors (Lipinski definition) is 3. The van der Waals surface area contributed by atoms with Gasteiger partial charge in [-0.2, -0.15) is 0 Å². The summed E-state index contributed by atoms with van der Waals surface area (Å²) in [5, 5.41) is 15.4. The highest BCUT2D eigenvalue weighted by molar-refractivity contribution is 5.89. The molecule has 110 valence electrons. The lowest BCUT2D eigenvalue weighted by molar-refractivity contribution is 0.171. The van der Waals surface area contributed by atoms with Gasteiger partial charge in [-0.05, 0) is 18.2 Å². The zero-order valence-electron chi connectivity index (χ0n) is 11.7. The van der Waals surface area contributed by atoms with Crippen molar-refractivity contribution in [2.45, 2.75) is 6.10 Å². The molecule has 0 aromatic heterocycles. The number of carbonyl (C=O) groups is 1. The minimum atomic E-state index is -0.831. The summed E-state index contributed by atoms with van der Waals surface area (Å²) in [6.07, 6.45) is -0.831. The number of ether oxygens (including phenoxy) is 1. The SMILES string of the molecule is COc1ccccc1[C@H](O)CNC(=O)Nc1ccccc1. The van der Waals surface area contributed by atoms with Crippen molar-refractivity contribution < 1.29 is 14.6 Å². The average Bonchev–Trinajstić information content (AvgIpc) is 2.53. The first-order valence-corrected chi connectivity index (χ1v) is 6.61. The zero-order valence-corrected chi connectivity index (χ0v) is 11.7. The van der Waals surface area contributed by atoms with E-state index in [1.54, 1.807) is 31.4 Å². The van der Waals surface area contributed by atoms with Crippen molar-refractivity contribution in [2.24, 2.45) is 0 Å². The molecule has 0 saturated heterocycles. The third kappa shape index (κ3) is 4.22. The van der Waals surface area contributed by atoms with Crippen molar-refractivity contribution in [1.82, 2.24) is 5.32 Å². The predicted octanol–water partition coefficient (Wildman–Crippen LogP) is 2.55. The van der Waals surface area contributed by atoms with E-state index < -0.39 is 6.10 Å². The quantitative estimate of drug-likeness (QED) is 0.791. The lowest BCUT2D eigenvalue weighted by Gasteiger charge is -2.15. The van der Waals surface area contributed by atoms with Crippen molar-refractivity contribution in [3.8, 4) is 5.75 Å². The van der Waals surface area contributed by atoms with Crippen LogP contribution in [0.1, 0.15) is 11.7 Å². The fourth-order valence-electron chi connectivity index (χ4n) is 1.94. The molecule has 0 aliphatic heterocycles. The molecule has 2 aromatic rings. The van der Waals surface area contributed by atoms with Crippen LogP contribution in [-0.4, -0.2) is 24.8 Å². The number of hydrogen-bond donors (Lipinski definition) is 3. The van der Waals surface area contributed by atoms with Crippen molar-refractivity contribution in [3.05, 3.63) is 60.2 Å². The second-order valence-electron chi connectivity index (χ2n) is 4.46. The van der Waals surface area contributed by atoms with E-state index in [4.69, 9.17) is 4.74 Å². The molecule has 0 bridgehead atoms. The van der Waals surface area contributed by atoms with Crippen LogP contribution in [0.4, 0.5) is 10.5 Å². The molecular formula is C16H18N2O3. The van der Waals surface area contributed by atoms with Gasteiger partial charge in [0, 0.05) is 17.8 Å². The first-order chi connectivity index (χ1) is 10.2. The maximum Gasteiger partial charge on any atom is 0.319 e. The maximum atomic E-state index is 11.7. The summed E-state index contributed by atoms with van der Waals surface area (Å²) in [6.45, 7) is 0.0963.